The van der Waals surface area contributed by atoms with E-state index in [-0.39, 0.29) is 5.97 Å². The van der Waals surface area contributed by atoms with E-state index in [4.69, 9.17) is 9.47 Å². The fourth-order valence-corrected chi connectivity index (χ4v) is 2.35. The lowest BCUT2D eigenvalue weighted by Gasteiger charge is -2.16. The highest BCUT2D eigenvalue weighted by atomic mass is 79.9. The van der Waals surface area contributed by atoms with Crippen molar-refractivity contribution in [1.82, 2.24) is 0 Å². The van der Waals surface area contributed by atoms with E-state index in [1.165, 1.54) is 0 Å². The third-order valence-electron chi connectivity index (χ3n) is 3.18. The predicted molar refractivity (Wildman–Crippen MR) is 78.9 cm³/mol. The first-order valence-corrected chi connectivity index (χ1v) is 7.21. The van der Waals surface area contributed by atoms with Gasteiger partial charge in [-0.1, -0.05) is 34.1 Å². The van der Waals surface area contributed by atoms with Crippen molar-refractivity contribution < 1.29 is 14.3 Å². The van der Waals surface area contributed by atoms with Gasteiger partial charge in [-0.15, -0.1) is 0 Å². The molecule has 0 aromatic heterocycles. The first kappa shape index (κ1) is 13.2. The van der Waals surface area contributed by atoms with E-state index in [2.05, 4.69) is 15.9 Å². The van der Waals surface area contributed by atoms with Gasteiger partial charge in [0.15, 0.2) is 0 Å². The number of halogens is 1. The van der Waals surface area contributed by atoms with Gasteiger partial charge in [-0.25, -0.2) is 0 Å². The van der Waals surface area contributed by atoms with E-state index < -0.39 is 0 Å². The van der Waals surface area contributed by atoms with E-state index in [1.54, 1.807) is 6.07 Å². The summed E-state index contributed by atoms with van der Waals surface area (Å²) in [5.74, 6) is 1.15. The average molecular weight is 333 g/mol. The first-order valence-electron chi connectivity index (χ1n) is 6.41. The van der Waals surface area contributed by atoms with Crippen LogP contribution < -0.4 is 9.47 Å². The van der Waals surface area contributed by atoms with Gasteiger partial charge in [-0.05, 0) is 35.7 Å². The Morgan fingerprint density at radius 3 is 2.70 bits per heavy atom. The van der Waals surface area contributed by atoms with Crippen molar-refractivity contribution in [3.63, 3.8) is 0 Å². The van der Waals surface area contributed by atoms with Crippen LogP contribution in [0.15, 0.2) is 46.9 Å². The third kappa shape index (κ3) is 3.02. The van der Waals surface area contributed by atoms with E-state index in [0.29, 0.717) is 24.5 Å². The van der Waals surface area contributed by atoms with Crippen LogP contribution in [-0.4, -0.2) is 5.97 Å². The van der Waals surface area contributed by atoms with E-state index >= 15 is 0 Å². The van der Waals surface area contributed by atoms with Gasteiger partial charge in [0, 0.05) is 10.5 Å². The molecule has 0 bridgehead atoms. The molecule has 20 heavy (non-hydrogen) atoms. The van der Waals surface area contributed by atoms with Gasteiger partial charge in [0.25, 0.3) is 0 Å². The molecular weight excluding hydrogens is 320 g/mol. The molecule has 1 aliphatic heterocycles. The number of esters is 1. The molecule has 2 aromatic carbocycles. The second-order valence-electron chi connectivity index (χ2n) is 4.66. The third-order valence-corrected chi connectivity index (χ3v) is 3.71. The maximum Gasteiger partial charge on any atom is 0.311 e. The maximum atomic E-state index is 11.3. The molecule has 0 saturated heterocycles. The van der Waals surface area contributed by atoms with E-state index in [1.807, 2.05) is 36.4 Å². The van der Waals surface area contributed by atoms with Crippen LogP contribution in [-0.2, 0) is 17.8 Å². The highest BCUT2D eigenvalue weighted by molar-refractivity contribution is 9.10. The Labute approximate surface area is 125 Å². The molecular formula is C16H13BrO3. The molecule has 0 amide bonds. The van der Waals surface area contributed by atoms with Gasteiger partial charge < -0.3 is 9.47 Å². The normalized spacial score (nSPS) is 13.6. The number of rotatable bonds is 3. The number of carbonyl (C=O) groups excluding carboxylic acids is 1. The molecule has 0 radical (unpaired) electrons. The molecule has 0 saturated carbocycles. The summed E-state index contributed by atoms with van der Waals surface area (Å²) in [4.78, 5) is 11.3. The van der Waals surface area contributed by atoms with Crippen LogP contribution in [0.2, 0.25) is 0 Å². The highest BCUT2D eigenvalue weighted by Gasteiger charge is 2.17. The Morgan fingerprint density at radius 2 is 1.90 bits per heavy atom. The van der Waals surface area contributed by atoms with Crippen LogP contribution in [0.5, 0.6) is 11.5 Å². The minimum Gasteiger partial charge on any atom is -0.489 e. The molecule has 4 heteroatoms. The molecule has 3 rings (SSSR count). The van der Waals surface area contributed by atoms with E-state index in [9.17, 15) is 4.79 Å². The van der Waals surface area contributed by atoms with Crippen molar-refractivity contribution in [3.8, 4) is 11.5 Å². The van der Waals surface area contributed by atoms with Crippen LogP contribution in [0.1, 0.15) is 17.5 Å². The number of aryl methyl sites for hydroxylation is 1. The van der Waals surface area contributed by atoms with Crippen molar-refractivity contribution in [2.45, 2.75) is 19.4 Å². The van der Waals surface area contributed by atoms with E-state index in [0.717, 1.165) is 22.0 Å². The maximum absolute atomic E-state index is 11.3. The van der Waals surface area contributed by atoms with Crippen LogP contribution in [0.4, 0.5) is 0 Å². The zero-order valence-corrected chi connectivity index (χ0v) is 12.4. The fourth-order valence-electron chi connectivity index (χ4n) is 2.08. The Morgan fingerprint density at radius 1 is 1.10 bits per heavy atom. The molecule has 2 aromatic rings. The average Bonchev–Trinajstić information content (AvgIpc) is 2.46. The van der Waals surface area contributed by atoms with Crippen molar-refractivity contribution in [2.75, 3.05) is 0 Å². The molecule has 0 fully saturated rings. The standard InChI is InChI=1S/C16H13BrO3/c17-13-5-1-11(2-6-13)10-19-14-7-3-12-4-8-16(18)20-15(12)9-14/h1-3,5-7,9H,4,8,10H2. The lowest BCUT2D eigenvalue weighted by molar-refractivity contribution is -0.135. The molecule has 0 spiro atoms. The summed E-state index contributed by atoms with van der Waals surface area (Å²) in [6, 6.07) is 13.6. The van der Waals surface area contributed by atoms with Crippen LogP contribution >= 0.6 is 15.9 Å². The summed E-state index contributed by atoms with van der Waals surface area (Å²) in [5.41, 5.74) is 2.14. The second kappa shape index (κ2) is 5.67. The molecule has 102 valence electrons. The molecule has 1 aliphatic rings. The summed E-state index contributed by atoms with van der Waals surface area (Å²) >= 11 is 3.40. The largest absolute Gasteiger partial charge is 0.489 e. The van der Waals surface area contributed by atoms with Gasteiger partial charge in [-0.3, -0.25) is 4.79 Å². The summed E-state index contributed by atoms with van der Waals surface area (Å²) in [6.07, 6.45) is 1.19. The Kier molecular flexibility index (Phi) is 3.74. The predicted octanol–water partition coefficient (Wildman–Crippen LogP) is 3.88. The smallest absolute Gasteiger partial charge is 0.311 e. The first-order chi connectivity index (χ1) is 9.70. The molecule has 0 N–H and O–H groups in total. The molecule has 0 aliphatic carbocycles. The number of fused-ring (bicyclic) bond motifs is 1. The number of ether oxygens (including phenoxy) is 2. The molecule has 0 unspecified atom stereocenters. The Bertz CT molecular complexity index is 635. The van der Waals surface area contributed by atoms with Crippen molar-refractivity contribution >= 4 is 21.9 Å². The molecule has 3 nitrogen and oxygen atoms in total. The fraction of sp³-hybridized carbons (Fsp3) is 0.188. The van der Waals surface area contributed by atoms with Crippen molar-refractivity contribution in [1.29, 1.82) is 0 Å². The molecule has 1 heterocycles. The number of hydrogen-bond acceptors (Lipinski definition) is 3. The van der Waals surface area contributed by atoms with Crippen LogP contribution in [0.25, 0.3) is 0 Å². The quantitative estimate of drug-likeness (QED) is 0.632. The lowest BCUT2D eigenvalue weighted by Crippen LogP contribution is -2.15. The van der Waals surface area contributed by atoms with Gasteiger partial charge in [0.2, 0.25) is 0 Å². The minimum absolute atomic E-state index is 0.178. The number of benzene rings is 2. The van der Waals surface area contributed by atoms with Gasteiger partial charge in [-0.2, -0.15) is 0 Å². The minimum atomic E-state index is -0.178. The Balaban J connectivity index is 1.70. The van der Waals surface area contributed by atoms with Crippen LogP contribution in [0.3, 0.4) is 0 Å². The zero-order chi connectivity index (χ0) is 13.9. The number of carbonyl (C=O) groups is 1. The van der Waals surface area contributed by atoms with Gasteiger partial charge >= 0.3 is 5.97 Å². The zero-order valence-electron chi connectivity index (χ0n) is 10.8. The lowest BCUT2D eigenvalue weighted by atomic mass is 10.1. The topological polar surface area (TPSA) is 35.5 Å². The van der Waals surface area contributed by atoms with Crippen LogP contribution in [0, 0.1) is 0 Å². The van der Waals surface area contributed by atoms with Crippen molar-refractivity contribution in [3.05, 3.63) is 58.1 Å². The van der Waals surface area contributed by atoms with Gasteiger partial charge in [0.1, 0.15) is 18.1 Å². The summed E-state index contributed by atoms with van der Waals surface area (Å²) in [6.45, 7) is 0.486. The van der Waals surface area contributed by atoms with Gasteiger partial charge in [0.05, 0.1) is 6.42 Å². The summed E-state index contributed by atoms with van der Waals surface area (Å²) < 4.78 is 12.0. The van der Waals surface area contributed by atoms with Crippen molar-refractivity contribution in [2.24, 2.45) is 0 Å². The SMILES string of the molecule is O=C1CCc2ccc(OCc3ccc(Br)cc3)cc2O1. The second-order valence-corrected chi connectivity index (χ2v) is 5.57. The highest BCUT2D eigenvalue weighted by Crippen LogP contribution is 2.29. The summed E-state index contributed by atoms with van der Waals surface area (Å²) in [7, 11) is 0. The Hall–Kier alpha value is -1.81. The number of hydrogen-bond donors (Lipinski definition) is 0. The molecule has 0 atom stereocenters. The summed E-state index contributed by atoms with van der Waals surface area (Å²) in [5, 5.41) is 0. The monoisotopic (exact) mass is 332 g/mol.